The van der Waals surface area contributed by atoms with Gasteiger partial charge in [-0.05, 0) is 39.3 Å². The SMILES string of the molecule is CN=C(NCCS(=O)C(C)(C)C)N(C)CCOc1ccccc1C.I. The number of hydrogen-bond acceptors (Lipinski definition) is 3. The highest BCUT2D eigenvalue weighted by Gasteiger charge is 2.19. The van der Waals surface area contributed by atoms with Crippen LogP contribution in [0.3, 0.4) is 0 Å². The van der Waals surface area contributed by atoms with Crippen molar-refractivity contribution in [2.24, 2.45) is 4.99 Å². The molecule has 0 amide bonds. The van der Waals surface area contributed by atoms with Crippen molar-refractivity contribution in [3.8, 4) is 5.75 Å². The minimum atomic E-state index is -0.863. The van der Waals surface area contributed by atoms with E-state index in [1.807, 2.05) is 63.9 Å². The van der Waals surface area contributed by atoms with Gasteiger partial charge >= 0.3 is 0 Å². The lowest BCUT2D eigenvalue weighted by Crippen LogP contribution is -2.43. The van der Waals surface area contributed by atoms with Gasteiger partial charge in [-0.3, -0.25) is 9.20 Å². The molecule has 1 aromatic rings. The fourth-order valence-electron chi connectivity index (χ4n) is 2.06. The molecule has 0 spiro atoms. The van der Waals surface area contributed by atoms with Gasteiger partial charge in [0, 0.05) is 41.9 Å². The van der Waals surface area contributed by atoms with E-state index < -0.39 is 10.8 Å². The summed E-state index contributed by atoms with van der Waals surface area (Å²) in [6, 6.07) is 7.99. The maximum atomic E-state index is 12.1. The third-order valence-corrected chi connectivity index (χ3v) is 5.55. The van der Waals surface area contributed by atoms with Crippen molar-refractivity contribution in [2.45, 2.75) is 32.4 Å². The van der Waals surface area contributed by atoms with Crippen LogP contribution in [0.5, 0.6) is 5.75 Å². The van der Waals surface area contributed by atoms with E-state index in [0.29, 0.717) is 18.9 Å². The minimum absolute atomic E-state index is 0. The molecule has 0 saturated heterocycles. The van der Waals surface area contributed by atoms with Crippen molar-refractivity contribution < 1.29 is 8.95 Å². The minimum Gasteiger partial charge on any atom is -0.491 e. The summed E-state index contributed by atoms with van der Waals surface area (Å²) in [4.78, 5) is 6.28. The lowest BCUT2D eigenvalue weighted by Gasteiger charge is -2.23. The predicted molar refractivity (Wildman–Crippen MR) is 119 cm³/mol. The first kappa shape index (κ1) is 24.2. The smallest absolute Gasteiger partial charge is 0.193 e. The Kier molecular flexibility index (Phi) is 11.3. The van der Waals surface area contributed by atoms with Crippen LogP contribution in [0.2, 0.25) is 0 Å². The van der Waals surface area contributed by atoms with Gasteiger partial charge in [0.25, 0.3) is 0 Å². The maximum Gasteiger partial charge on any atom is 0.193 e. The number of aliphatic imine (C=N–C) groups is 1. The second-order valence-electron chi connectivity index (χ2n) is 6.67. The summed E-state index contributed by atoms with van der Waals surface area (Å²) >= 11 is 0. The van der Waals surface area contributed by atoms with E-state index in [0.717, 1.165) is 23.8 Å². The molecular weight excluding hydrogens is 449 g/mol. The summed E-state index contributed by atoms with van der Waals surface area (Å²) < 4.78 is 17.7. The second kappa shape index (κ2) is 11.7. The molecule has 1 unspecified atom stereocenters. The van der Waals surface area contributed by atoms with Crippen LogP contribution in [0.4, 0.5) is 0 Å². The fraction of sp³-hybridized carbons (Fsp3) is 0.611. The topological polar surface area (TPSA) is 53.9 Å². The Labute approximate surface area is 172 Å². The van der Waals surface area contributed by atoms with Crippen molar-refractivity contribution in [3.63, 3.8) is 0 Å². The molecule has 144 valence electrons. The van der Waals surface area contributed by atoms with Crippen molar-refractivity contribution in [1.82, 2.24) is 10.2 Å². The Morgan fingerprint density at radius 2 is 1.96 bits per heavy atom. The van der Waals surface area contributed by atoms with Crippen LogP contribution in [0, 0.1) is 6.92 Å². The van der Waals surface area contributed by atoms with E-state index in [1.165, 1.54) is 0 Å². The molecule has 7 heteroatoms. The quantitative estimate of drug-likeness (QED) is 0.370. The number of benzene rings is 1. The van der Waals surface area contributed by atoms with Crippen LogP contribution >= 0.6 is 24.0 Å². The number of nitrogens with one attached hydrogen (secondary N) is 1. The number of hydrogen-bond donors (Lipinski definition) is 1. The molecule has 0 aliphatic rings. The molecule has 0 aromatic heterocycles. The Balaban J connectivity index is 0.00000576. The normalized spacial score (nSPS) is 13.0. The molecule has 0 aliphatic heterocycles. The molecule has 0 aliphatic carbocycles. The number of halogens is 1. The average molecular weight is 481 g/mol. The summed E-state index contributed by atoms with van der Waals surface area (Å²) in [5.74, 6) is 2.31. The van der Waals surface area contributed by atoms with E-state index in [2.05, 4.69) is 10.3 Å². The number of guanidine groups is 1. The number of para-hydroxylation sites is 1. The van der Waals surface area contributed by atoms with E-state index in [1.54, 1.807) is 7.05 Å². The highest BCUT2D eigenvalue weighted by Crippen LogP contribution is 2.15. The zero-order chi connectivity index (χ0) is 18.2. The second-order valence-corrected chi connectivity index (χ2v) is 9.00. The summed E-state index contributed by atoms with van der Waals surface area (Å²) in [6.07, 6.45) is 0. The van der Waals surface area contributed by atoms with E-state index in [4.69, 9.17) is 4.74 Å². The van der Waals surface area contributed by atoms with Crippen molar-refractivity contribution >= 4 is 40.7 Å². The standard InChI is InChI=1S/C18H31N3O2S.HI/c1-15-9-7-8-10-16(15)23-13-12-21(6)17(19-5)20-11-14-24(22)18(2,3)4;/h7-10H,11-14H2,1-6H3,(H,19,20);1H. The first-order chi connectivity index (χ1) is 11.3. The van der Waals surface area contributed by atoms with Crippen LogP contribution in [0.15, 0.2) is 29.3 Å². The molecule has 0 radical (unpaired) electrons. The molecule has 1 N–H and O–H groups in total. The van der Waals surface area contributed by atoms with Gasteiger partial charge in [-0.25, -0.2) is 0 Å². The van der Waals surface area contributed by atoms with E-state index in [9.17, 15) is 4.21 Å². The van der Waals surface area contributed by atoms with Crippen molar-refractivity contribution in [3.05, 3.63) is 29.8 Å². The fourth-order valence-corrected chi connectivity index (χ4v) is 2.96. The number of nitrogens with zero attached hydrogens (tertiary/aromatic N) is 2. The molecule has 0 heterocycles. The van der Waals surface area contributed by atoms with Gasteiger partial charge in [0.05, 0.1) is 6.54 Å². The maximum absolute atomic E-state index is 12.1. The highest BCUT2D eigenvalue weighted by molar-refractivity contribution is 14.0. The third kappa shape index (κ3) is 8.89. The van der Waals surface area contributed by atoms with Crippen LogP contribution in [0.1, 0.15) is 26.3 Å². The van der Waals surface area contributed by atoms with Gasteiger partial charge in [0.15, 0.2) is 5.96 Å². The number of rotatable bonds is 7. The Bertz CT molecular complexity index is 574. The molecule has 25 heavy (non-hydrogen) atoms. The lowest BCUT2D eigenvalue weighted by atomic mass is 10.2. The van der Waals surface area contributed by atoms with Gasteiger partial charge in [0.1, 0.15) is 12.4 Å². The Hall–Kier alpha value is -0.830. The summed E-state index contributed by atoms with van der Waals surface area (Å²) in [7, 11) is 2.86. The molecule has 1 atom stereocenters. The summed E-state index contributed by atoms with van der Waals surface area (Å²) in [5.41, 5.74) is 1.13. The molecule has 0 bridgehead atoms. The van der Waals surface area contributed by atoms with Crippen molar-refractivity contribution in [1.29, 1.82) is 0 Å². The zero-order valence-corrected chi connectivity index (χ0v) is 19.3. The summed E-state index contributed by atoms with van der Waals surface area (Å²) in [6.45, 7) is 9.95. The van der Waals surface area contributed by atoms with Gasteiger partial charge in [0.2, 0.25) is 0 Å². The van der Waals surface area contributed by atoms with Gasteiger partial charge in [-0.1, -0.05) is 18.2 Å². The first-order valence-corrected chi connectivity index (χ1v) is 9.56. The number of aryl methyl sites for hydroxylation is 1. The monoisotopic (exact) mass is 481 g/mol. The number of likely N-dealkylation sites (N-methyl/N-ethyl adjacent to an activating group) is 1. The lowest BCUT2D eigenvalue weighted by molar-refractivity contribution is 0.280. The molecule has 0 fully saturated rings. The Morgan fingerprint density at radius 3 is 2.52 bits per heavy atom. The van der Waals surface area contributed by atoms with Gasteiger partial charge < -0.3 is 15.0 Å². The number of ether oxygens (including phenoxy) is 1. The molecule has 1 rings (SSSR count). The van der Waals surface area contributed by atoms with E-state index >= 15 is 0 Å². The highest BCUT2D eigenvalue weighted by atomic mass is 127. The van der Waals surface area contributed by atoms with Crippen LogP contribution < -0.4 is 10.1 Å². The van der Waals surface area contributed by atoms with Crippen molar-refractivity contribution in [2.75, 3.05) is 39.5 Å². The van der Waals surface area contributed by atoms with Gasteiger partial charge in [-0.15, -0.1) is 24.0 Å². The van der Waals surface area contributed by atoms with Crippen LogP contribution in [-0.4, -0.2) is 59.4 Å². The largest absolute Gasteiger partial charge is 0.491 e. The summed E-state index contributed by atoms with van der Waals surface area (Å²) in [5, 5.41) is 3.26. The molecule has 5 nitrogen and oxygen atoms in total. The molecule has 1 aromatic carbocycles. The third-order valence-electron chi connectivity index (χ3n) is 3.60. The first-order valence-electron chi connectivity index (χ1n) is 8.24. The molecular formula is C18H32IN3O2S. The van der Waals surface area contributed by atoms with Gasteiger partial charge in [-0.2, -0.15) is 0 Å². The molecule has 0 saturated carbocycles. The Morgan fingerprint density at radius 1 is 1.32 bits per heavy atom. The zero-order valence-electron chi connectivity index (χ0n) is 16.2. The predicted octanol–water partition coefficient (Wildman–Crippen LogP) is 3.05. The van der Waals surface area contributed by atoms with E-state index in [-0.39, 0.29) is 28.7 Å². The van der Waals surface area contributed by atoms with Crippen LogP contribution in [0.25, 0.3) is 0 Å². The average Bonchev–Trinajstić information content (AvgIpc) is 2.52. The van der Waals surface area contributed by atoms with Crippen LogP contribution in [-0.2, 0) is 10.8 Å².